The second kappa shape index (κ2) is 6.07. The first kappa shape index (κ1) is 14.6. The maximum Gasteiger partial charge on any atom is 0.264 e. The summed E-state index contributed by atoms with van der Waals surface area (Å²) in [4.78, 5) is 17.0. The molecule has 1 aliphatic rings. The Balaban J connectivity index is 1.79. The van der Waals surface area contributed by atoms with Crippen LogP contribution in [0.15, 0.2) is 5.16 Å². The topological polar surface area (TPSA) is 68.5 Å². The third-order valence-corrected chi connectivity index (χ3v) is 3.80. The third-order valence-electron chi connectivity index (χ3n) is 3.80. The van der Waals surface area contributed by atoms with Gasteiger partial charge in [-0.25, -0.2) is 0 Å². The van der Waals surface area contributed by atoms with Gasteiger partial charge in [-0.3, -0.25) is 9.48 Å². The molecule has 110 valence electrons. The van der Waals surface area contributed by atoms with E-state index in [1.807, 2.05) is 25.5 Å². The summed E-state index contributed by atoms with van der Waals surface area (Å²) in [6.07, 6.45) is 0.961. The van der Waals surface area contributed by atoms with Gasteiger partial charge in [0.1, 0.15) is 0 Å². The molecule has 1 N–H and O–H groups in total. The van der Waals surface area contributed by atoms with E-state index in [9.17, 15) is 4.79 Å². The van der Waals surface area contributed by atoms with Crippen LogP contribution in [0, 0.1) is 20.8 Å². The maximum atomic E-state index is 11.9. The number of hydrogen-bond acceptors (Lipinski definition) is 4. The smallest absolute Gasteiger partial charge is 0.264 e. The minimum Gasteiger partial charge on any atom is -0.382 e. The number of nitrogens with zero attached hydrogens (tertiary/aromatic N) is 3. The van der Waals surface area contributed by atoms with Crippen LogP contribution >= 0.6 is 0 Å². The normalized spacial score (nSPS) is 17.8. The molecule has 2 heterocycles. The Morgan fingerprint density at radius 2 is 2.20 bits per heavy atom. The molecule has 1 amide bonds. The lowest BCUT2D eigenvalue weighted by atomic mass is 10.1. The predicted molar refractivity (Wildman–Crippen MR) is 76.7 cm³/mol. The third kappa shape index (κ3) is 3.00. The fourth-order valence-corrected chi connectivity index (χ4v) is 2.18. The number of aromatic nitrogens is 2. The lowest BCUT2D eigenvalue weighted by molar-refractivity contribution is -0.131. The summed E-state index contributed by atoms with van der Waals surface area (Å²) >= 11 is 0. The minimum absolute atomic E-state index is 0.101. The van der Waals surface area contributed by atoms with Crippen molar-refractivity contribution in [3.05, 3.63) is 17.0 Å². The molecule has 20 heavy (non-hydrogen) atoms. The van der Waals surface area contributed by atoms with Crippen molar-refractivity contribution in [3.8, 4) is 0 Å². The monoisotopic (exact) mass is 278 g/mol. The first-order chi connectivity index (χ1) is 9.52. The van der Waals surface area contributed by atoms with Gasteiger partial charge in [-0.2, -0.15) is 5.10 Å². The second-order valence-electron chi connectivity index (χ2n) is 5.12. The molecule has 0 radical (unpaired) electrons. The van der Waals surface area contributed by atoms with Gasteiger partial charge < -0.3 is 10.2 Å². The average Bonchev–Trinajstić information content (AvgIpc) is 3.00. The first-order valence-corrected chi connectivity index (χ1v) is 7.02. The zero-order chi connectivity index (χ0) is 14.7. The van der Waals surface area contributed by atoms with Crippen molar-refractivity contribution in [1.29, 1.82) is 0 Å². The Labute approximate surface area is 119 Å². The Morgan fingerprint density at radius 1 is 1.45 bits per heavy atom. The van der Waals surface area contributed by atoms with Crippen molar-refractivity contribution in [3.63, 3.8) is 0 Å². The quantitative estimate of drug-likeness (QED) is 0.887. The summed E-state index contributed by atoms with van der Waals surface area (Å²) < 4.78 is 1.93. The van der Waals surface area contributed by atoms with Crippen molar-refractivity contribution < 1.29 is 9.63 Å². The second-order valence-corrected chi connectivity index (χ2v) is 5.12. The number of carbonyl (C=O) groups excluding carboxylic acids is 1. The Morgan fingerprint density at radius 3 is 2.75 bits per heavy atom. The highest BCUT2D eigenvalue weighted by Gasteiger charge is 2.26. The van der Waals surface area contributed by atoms with E-state index in [2.05, 4.69) is 22.5 Å². The number of hydrogen-bond donors (Lipinski definition) is 1. The molecule has 0 fully saturated rings. The van der Waals surface area contributed by atoms with Gasteiger partial charge in [0, 0.05) is 18.7 Å². The molecule has 0 saturated carbocycles. The number of amides is 1. The molecular formula is C14H22N4O2. The standard InChI is InChI=1S/C14H22N4O2/c1-5-12-8-13(20-17-12)14(19)15-6-7-18-11(4)9(2)10(3)16-18/h13H,5-8H2,1-4H3,(H,15,19)/t13-/m1/s1. The number of aryl methyl sites for hydroxylation is 1. The first-order valence-electron chi connectivity index (χ1n) is 7.02. The molecule has 0 bridgehead atoms. The lowest BCUT2D eigenvalue weighted by Crippen LogP contribution is -2.36. The van der Waals surface area contributed by atoms with Crippen molar-refractivity contribution >= 4 is 11.6 Å². The molecule has 0 saturated heterocycles. The van der Waals surface area contributed by atoms with Gasteiger partial charge in [0.15, 0.2) is 0 Å². The van der Waals surface area contributed by atoms with E-state index in [1.54, 1.807) is 0 Å². The van der Waals surface area contributed by atoms with Crippen LogP contribution in [0.3, 0.4) is 0 Å². The molecule has 0 unspecified atom stereocenters. The molecule has 1 aromatic heterocycles. The fraction of sp³-hybridized carbons (Fsp3) is 0.643. The molecular weight excluding hydrogens is 256 g/mol. The van der Waals surface area contributed by atoms with E-state index >= 15 is 0 Å². The average molecular weight is 278 g/mol. The molecule has 1 aromatic rings. The maximum absolute atomic E-state index is 11.9. The van der Waals surface area contributed by atoms with E-state index in [0.29, 0.717) is 19.5 Å². The summed E-state index contributed by atoms with van der Waals surface area (Å²) in [5.74, 6) is -0.101. The molecule has 1 aliphatic heterocycles. The largest absolute Gasteiger partial charge is 0.382 e. The minimum atomic E-state index is -0.466. The van der Waals surface area contributed by atoms with Gasteiger partial charge in [-0.1, -0.05) is 12.1 Å². The Kier molecular flexibility index (Phi) is 4.42. The molecule has 1 atom stereocenters. The highest BCUT2D eigenvalue weighted by Crippen LogP contribution is 2.13. The van der Waals surface area contributed by atoms with Crippen molar-refractivity contribution in [1.82, 2.24) is 15.1 Å². The number of rotatable bonds is 5. The molecule has 0 aromatic carbocycles. The lowest BCUT2D eigenvalue weighted by Gasteiger charge is -2.10. The van der Waals surface area contributed by atoms with E-state index in [1.165, 1.54) is 5.56 Å². The van der Waals surface area contributed by atoms with Crippen molar-refractivity contribution in [2.75, 3.05) is 6.54 Å². The van der Waals surface area contributed by atoms with Crippen LogP contribution in [0.5, 0.6) is 0 Å². The molecule has 6 heteroatoms. The summed E-state index contributed by atoms with van der Waals surface area (Å²) in [5.41, 5.74) is 4.33. The van der Waals surface area contributed by atoms with Crippen LogP contribution in [-0.2, 0) is 16.2 Å². The predicted octanol–water partition coefficient (Wildman–Crippen LogP) is 1.48. The zero-order valence-corrected chi connectivity index (χ0v) is 12.6. The Bertz CT molecular complexity index is 534. The summed E-state index contributed by atoms with van der Waals surface area (Å²) in [6, 6.07) is 0. The SMILES string of the molecule is CCC1=NO[C@@H](C(=O)NCCn2nc(C)c(C)c2C)C1. The van der Waals surface area contributed by atoms with Gasteiger partial charge in [0.2, 0.25) is 6.10 Å². The molecule has 2 rings (SSSR count). The number of carbonyl (C=O) groups is 1. The van der Waals surface area contributed by atoms with Crippen LogP contribution in [0.2, 0.25) is 0 Å². The summed E-state index contributed by atoms with van der Waals surface area (Å²) in [6.45, 7) is 9.31. The summed E-state index contributed by atoms with van der Waals surface area (Å²) in [5, 5.41) is 11.2. The van der Waals surface area contributed by atoms with E-state index < -0.39 is 6.10 Å². The van der Waals surface area contributed by atoms with E-state index in [4.69, 9.17) is 4.84 Å². The van der Waals surface area contributed by atoms with Gasteiger partial charge in [0.05, 0.1) is 18.0 Å². The van der Waals surface area contributed by atoms with E-state index in [-0.39, 0.29) is 5.91 Å². The van der Waals surface area contributed by atoms with Crippen LogP contribution < -0.4 is 5.32 Å². The van der Waals surface area contributed by atoms with Gasteiger partial charge >= 0.3 is 0 Å². The van der Waals surface area contributed by atoms with Gasteiger partial charge in [0.25, 0.3) is 5.91 Å². The molecule has 6 nitrogen and oxygen atoms in total. The highest BCUT2D eigenvalue weighted by molar-refractivity contribution is 5.92. The van der Waals surface area contributed by atoms with Crippen LogP contribution in [0.1, 0.15) is 36.7 Å². The summed E-state index contributed by atoms with van der Waals surface area (Å²) in [7, 11) is 0. The van der Waals surface area contributed by atoms with E-state index in [0.717, 1.165) is 23.5 Å². The Hall–Kier alpha value is -1.85. The van der Waals surface area contributed by atoms with Crippen molar-refractivity contribution in [2.45, 2.75) is 53.2 Å². The van der Waals surface area contributed by atoms with Gasteiger partial charge in [-0.05, 0) is 32.8 Å². The van der Waals surface area contributed by atoms with Crippen molar-refractivity contribution in [2.24, 2.45) is 5.16 Å². The highest BCUT2D eigenvalue weighted by atomic mass is 16.6. The fourth-order valence-electron chi connectivity index (χ4n) is 2.18. The zero-order valence-electron chi connectivity index (χ0n) is 12.6. The molecule has 0 spiro atoms. The molecule has 0 aliphatic carbocycles. The number of oxime groups is 1. The van der Waals surface area contributed by atoms with Gasteiger partial charge in [-0.15, -0.1) is 0 Å². The van der Waals surface area contributed by atoms with Crippen LogP contribution in [-0.4, -0.2) is 34.0 Å². The van der Waals surface area contributed by atoms with Crippen LogP contribution in [0.25, 0.3) is 0 Å². The van der Waals surface area contributed by atoms with Crippen LogP contribution in [0.4, 0.5) is 0 Å². The number of nitrogens with one attached hydrogen (secondary N) is 1.